The molecule has 108 valence electrons. The number of halogens is 1. The number of benzene rings is 2. The molecule has 2 N–H and O–H groups in total. The van der Waals surface area contributed by atoms with Crippen LogP contribution >= 0.6 is 11.6 Å². The van der Waals surface area contributed by atoms with Gasteiger partial charge in [0.25, 0.3) is 0 Å². The lowest BCUT2D eigenvalue weighted by Crippen LogP contribution is -2.24. The van der Waals surface area contributed by atoms with Crippen LogP contribution in [0.5, 0.6) is 0 Å². The maximum Gasteiger partial charge on any atom is 0.0770 e. The number of rotatable bonds is 4. The van der Waals surface area contributed by atoms with Crippen LogP contribution in [0.2, 0.25) is 5.02 Å². The zero-order chi connectivity index (χ0) is 14.7. The molecule has 0 saturated heterocycles. The van der Waals surface area contributed by atoms with Crippen molar-refractivity contribution in [2.75, 3.05) is 19.6 Å². The Morgan fingerprint density at radius 1 is 1.10 bits per heavy atom. The minimum Gasteiger partial charge on any atom is -0.329 e. The third-order valence-electron chi connectivity index (χ3n) is 3.70. The molecule has 0 aromatic heterocycles. The van der Waals surface area contributed by atoms with Gasteiger partial charge in [-0.1, -0.05) is 54.1 Å². The lowest BCUT2D eigenvalue weighted by Gasteiger charge is -2.15. The van der Waals surface area contributed by atoms with Crippen LogP contribution in [-0.4, -0.2) is 30.4 Å². The minimum absolute atomic E-state index is 0.277. The monoisotopic (exact) mass is 299 g/mol. The van der Waals surface area contributed by atoms with Gasteiger partial charge in [0.15, 0.2) is 0 Å². The molecule has 3 rings (SSSR count). The van der Waals surface area contributed by atoms with Crippen molar-refractivity contribution in [3.63, 3.8) is 0 Å². The summed E-state index contributed by atoms with van der Waals surface area (Å²) in [5, 5.41) is 7.56. The largest absolute Gasteiger partial charge is 0.329 e. The molecule has 1 atom stereocenters. The third kappa shape index (κ3) is 3.09. The zero-order valence-corrected chi connectivity index (χ0v) is 12.5. The predicted molar refractivity (Wildman–Crippen MR) is 87.8 cm³/mol. The molecule has 1 heterocycles. The van der Waals surface area contributed by atoms with Crippen molar-refractivity contribution in [3.05, 3.63) is 70.7 Å². The minimum atomic E-state index is 0.277. The summed E-state index contributed by atoms with van der Waals surface area (Å²) in [7, 11) is 0. The van der Waals surface area contributed by atoms with Gasteiger partial charge >= 0.3 is 0 Å². The molecule has 4 heteroatoms. The fraction of sp³-hybridized carbons (Fsp3) is 0.235. The first-order valence-electron chi connectivity index (χ1n) is 7.12. The number of nitrogens with two attached hydrogens (primary N) is 1. The fourth-order valence-corrected chi connectivity index (χ4v) is 2.80. The molecule has 1 aliphatic heterocycles. The molecule has 2 aromatic carbocycles. The second-order valence-electron chi connectivity index (χ2n) is 5.16. The van der Waals surface area contributed by atoms with Crippen molar-refractivity contribution in [2.24, 2.45) is 10.8 Å². The number of hydrogen-bond donors (Lipinski definition) is 1. The highest BCUT2D eigenvalue weighted by Gasteiger charge is 2.28. The fourth-order valence-electron chi connectivity index (χ4n) is 2.68. The van der Waals surface area contributed by atoms with Crippen molar-refractivity contribution < 1.29 is 0 Å². The van der Waals surface area contributed by atoms with Gasteiger partial charge in [-0.3, -0.25) is 5.01 Å². The lowest BCUT2D eigenvalue weighted by molar-refractivity contribution is 0.319. The summed E-state index contributed by atoms with van der Waals surface area (Å²) in [6.45, 7) is 2.26. The predicted octanol–water partition coefficient (Wildman–Crippen LogP) is 3.10. The molecule has 0 saturated carbocycles. The molecular formula is C17H18ClN3. The number of nitrogens with zero attached hydrogens (tertiary/aromatic N) is 2. The first-order valence-corrected chi connectivity index (χ1v) is 7.50. The quantitative estimate of drug-likeness (QED) is 0.942. The molecule has 1 unspecified atom stereocenters. The van der Waals surface area contributed by atoms with Crippen LogP contribution in [0.15, 0.2) is 59.7 Å². The van der Waals surface area contributed by atoms with Crippen LogP contribution in [0.1, 0.15) is 17.0 Å². The SMILES string of the molecule is NCCN1CC(c2ccccc2)C(c2ccc(Cl)cc2)=N1. The Labute approximate surface area is 130 Å². The second-order valence-corrected chi connectivity index (χ2v) is 5.59. The summed E-state index contributed by atoms with van der Waals surface area (Å²) in [5.74, 6) is 0.277. The highest BCUT2D eigenvalue weighted by Crippen LogP contribution is 2.28. The van der Waals surface area contributed by atoms with Crippen molar-refractivity contribution in [2.45, 2.75) is 5.92 Å². The van der Waals surface area contributed by atoms with E-state index in [-0.39, 0.29) is 5.92 Å². The van der Waals surface area contributed by atoms with Crippen molar-refractivity contribution in [1.29, 1.82) is 0 Å². The summed E-state index contributed by atoms with van der Waals surface area (Å²) >= 11 is 5.98. The van der Waals surface area contributed by atoms with Crippen molar-refractivity contribution >= 4 is 17.3 Å². The summed E-state index contributed by atoms with van der Waals surface area (Å²) < 4.78 is 0. The topological polar surface area (TPSA) is 41.6 Å². The average molecular weight is 300 g/mol. The van der Waals surface area contributed by atoms with Crippen molar-refractivity contribution in [1.82, 2.24) is 5.01 Å². The van der Waals surface area contributed by atoms with Crippen LogP contribution in [0.25, 0.3) is 0 Å². The van der Waals surface area contributed by atoms with Gasteiger partial charge in [-0.25, -0.2) is 0 Å². The van der Waals surface area contributed by atoms with E-state index in [2.05, 4.69) is 29.3 Å². The first-order chi connectivity index (χ1) is 10.3. The summed E-state index contributed by atoms with van der Waals surface area (Å²) in [6.07, 6.45) is 0. The van der Waals surface area contributed by atoms with Gasteiger partial charge in [-0.15, -0.1) is 0 Å². The Morgan fingerprint density at radius 2 is 1.81 bits per heavy atom. The van der Waals surface area contributed by atoms with Gasteiger partial charge < -0.3 is 5.73 Å². The van der Waals surface area contributed by atoms with Crippen LogP contribution in [-0.2, 0) is 0 Å². The molecule has 1 aliphatic rings. The first kappa shape index (κ1) is 14.1. The Kier molecular flexibility index (Phi) is 4.23. The van der Waals surface area contributed by atoms with E-state index in [1.54, 1.807) is 0 Å². The Morgan fingerprint density at radius 3 is 2.48 bits per heavy atom. The van der Waals surface area contributed by atoms with E-state index in [0.29, 0.717) is 6.54 Å². The van der Waals surface area contributed by atoms with E-state index in [4.69, 9.17) is 22.4 Å². The van der Waals surface area contributed by atoms with Crippen LogP contribution in [0.4, 0.5) is 0 Å². The highest BCUT2D eigenvalue weighted by molar-refractivity contribution is 6.30. The molecule has 0 fully saturated rings. The average Bonchev–Trinajstić information content (AvgIpc) is 2.93. The molecule has 0 aliphatic carbocycles. The summed E-state index contributed by atoms with van der Waals surface area (Å²) in [6, 6.07) is 18.4. The molecule has 2 aromatic rings. The van der Waals surface area contributed by atoms with Gasteiger partial charge in [0.05, 0.1) is 5.71 Å². The van der Waals surface area contributed by atoms with Crippen LogP contribution in [0.3, 0.4) is 0 Å². The van der Waals surface area contributed by atoms with E-state index in [0.717, 1.165) is 29.4 Å². The van der Waals surface area contributed by atoms with Gasteiger partial charge in [0, 0.05) is 30.6 Å². The zero-order valence-electron chi connectivity index (χ0n) is 11.7. The van der Waals surface area contributed by atoms with E-state index >= 15 is 0 Å². The van der Waals surface area contributed by atoms with Gasteiger partial charge in [-0.05, 0) is 23.3 Å². The maximum atomic E-state index is 5.98. The lowest BCUT2D eigenvalue weighted by atomic mass is 9.91. The normalized spacial score (nSPS) is 17.9. The third-order valence-corrected chi connectivity index (χ3v) is 3.95. The second kappa shape index (κ2) is 6.29. The molecule has 3 nitrogen and oxygen atoms in total. The van der Waals surface area contributed by atoms with Gasteiger partial charge in [0.1, 0.15) is 0 Å². The van der Waals surface area contributed by atoms with Gasteiger partial charge in [-0.2, -0.15) is 5.10 Å². The van der Waals surface area contributed by atoms with Crippen LogP contribution < -0.4 is 5.73 Å². The molecule has 0 amide bonds. The molecule has 0 radical (unpaired) electrons. The van der Waals surface area contributed by atoms with Crippen LogP contribution in [0, 0.1) is 0 Å². The summed E-state index contributed by atoms with van der Waals surface area (Å²) in [4.78, 5) is 0. The van der Waals surface area contributed by atoms with E-state index in [9.17, 15) is 0 Å². The number of hydrogen-bond acceptors (Lipinski definition) is 3. The molecule has 21 heavy (non-hydrogen) atoms. The Hall–Kier alpha value is -1.84. The smallest absolute Gasteiger partial charge is 0.0770 e. The Bertz CT molecular complexity index is 622. The molecule has 0 bridgehead atoms. The van der Waals surface area contributed by atoms with E-state index in [1.807, 2.05) is 30.3 Å². The van der Waals surface area contributed by atoms with E-state index in [1.165, 1.54) is 5.56 Å². The number of hydrazone groups is 1. The Balaban J connectivity index is 1.95. The van der Waals surface area contributed by atoms with Crippen molar-refractivity contribution in [3.8, 4) is 0 Å². The standard InChI is InChI=1S/C17H18ClN3/c18-15-8-6-14(7-9-15)17-16(12-21(20-17)11-10-19)13-4-2-1-3-5-13/h1-9,16H,10-12,19H2. The highest BCUT2D eigenvalue weighted by atomic mass is 35.5. The molecular weight excluding hydrogens is 282 g/mol. The van der Waals surface area contributed by atoms with Gasteiger partial charge in [0.2, 0.25) is 0 Å². The summed E-state index contributed by atoms with van der Waals surface area (Å²) in [5.41, 5.74) is 9.16. The maximum absolute atomic E-state index is 5.98. The molecule has 0 spiro atoms. The van der Waals surface area contributed by atoms with E-state index < -0.39 is 0 Å².